The molecule has 0 amide bonds. The smallest absolute Gasteiger partial charge is 0.0479 e. The molecule has 2 nitrogen and oxygen atoms in total. The molecule has 0 aliphatic carbocycles. The first-order valence-electron chi connectivity index (χ1n) is 5.46. The number of aryl methyl sites for hydroxylation is 1. The second kappa shape index (κ2) is 5.89. The number of rotatable bonds is 6. The lowest BCUT2D eigenvalue weighted by Crippen LogP contribution is -2.37. The van der Waals surface area contributed by atoms with E-state index < -0.39 is 0 Å². The van der Waals surface area contributed by atoms with Crippen molar-refractivity contribution in [1.29, 1.82) is 0 Å². The van der Waals surface area contributed by atoms with Crippen molar-refractivity contribution in [2.75, 3.05) is 13.7 Å². The van der Waals surface area contributed by atoms with Crippen LogP contribution in [0.3, 0.4) is 0 Å². The van der Waals surface area contributed by atoms with Crippen LogP contribution in [-0.2, 0) is 11.2 Å². The summed E-state index contributed by atoms with van der Waals surface area (Å²) < 4.78 is 5.05. The van der Waals surface area contributed by atoms with Gasteiger partial charge in [0.15, 0.2) is 0 Å². The second-order valence-electron chi connectivity index (χ2n) is 4.38. The summed E-state index contributed by atoms with van der Waals surface area (Å²) >= 11 is 0. The Kier molecular flexibility index (Phi) is 4.79. The summed E-state index contributed by atoms with van der Waals surface area (Å²) in [7, 11) is 1.72. The summed E-state index contributed by atoms with van der Waals surface area (Å²) in [6, 6.07) is 10.5. The number of benzene rings is 1. The van der Waals surface area contributed by atoms with Crippen LogP contribution < -0.4 is 5.73 Å². The largest absolute Gasteiger partial charge is 0.385 e. The van der Waals surface area contributed by atoms with E-state index in [4.69, 9.17) is 10.5 Å². The van der Waals surface area contributed by atoms with Crippen molar-refractivity contribution in [3.05, 3.63) is 35.9 Å². The van der Waals surface area contributed by atoms with Gasteiger partial charge < -0.3 is 10.5 Å². The van der Waals surface area contributed by atoms with Gasteiger partial charge >= 0.3 is 0 Å². The maximum atomic E-state index is 6.17. The van der Waals surface area contributed by atoms with Gasteiger partial charge in [-0.2, -0.15) is 0 Å². The Hall–Kier alpha value is -0.860. The fourth-order valence-electron chi connectivity index (χ4n) is 1.53. The summed E-state index contributed by atoms with van der Waals surface area (Å²) in [6.45, 7) is 2.83. The van der Waals surface area contributed by atoms with Crippen LogP contribution in [0.2, 0.25) is 0 Å². The molecule has 0 saturated carbocycles. The molecule has 0 bridgehead atoms. The maximum Gasteiger partial charge on any atom is 0.0479 e. The summed E-state index contributed by atoms with van der Waals surface area (Å²) in [5.41, 5.74) is 7.40. The van der Waals surface area contributed by atoms with Crippen molar-refractivity contribution in [2.45, 2.75) is 31.7 Å². The van der Waals surface area contributed by atoms with E-state index in [1.165, 1.54) is 5.56 Å². The van der Waals surface area contributed by atoms with Crippen LogP contribution in [0.25, 0.3) is 0 Å². The zero-order chi connectivity index (χ0) is 11.1. The Morgan fingerprint density at radius 2 is 1.87 bits per heavy atom. The van der Waals surface area contributed by atoms with Crippen LogP contribution in [0.5, 0.6) is 0 Å². The van der Waals surface area contributed by atoms with Crippen molar-refractivity contribution >= 4 is 0 Å². The monoisotopic (exact) mass is 207 g/mol. The number of hydrogen-bond donors (Lipinski definition) is 1. The maximum absolute atomic E-state index is 6.17. The zero-order valence-electron chi connectivity index (χ0n) is 9.70. The van der Waals surface area contributed by atoms with Crippen LogP contribution in [0.4, 0.5) is 0 Å². The number of ether oxygens (including phenoxy) is 1. The van der Waals surface area contributed by atoms with Gasteiger partial charge in [-0.3, -0.25) is 0 Å². The van der Waals surface area contributed by atoms with Gasteiger partial charge in [0.2, 0.25) is 0 Å². The highest BCUT2D eigenvalue weighted by Gasteiger charge is 2.17. The van der Waals surface area contributed by atoms with Crippen LogP contribution >= 0.6 is 0 Å². The minimum absolute atomic E-state index is 0.119. The summed E-state index contributed by atoms with van der Waals surface area (Å²) in [5, 5.41) is 0. The Balaban J connectivity index is 2.35. The van der Waals surface area contributed by atoms with E-state index in [9.17, 15) is 0 Å². The predicted molar refractivity (Wildman–Crippen MR) is 63.8 cm³/mol. The highest BCUT2D eigenvalue weighted by atomic mass is 16.5. The molecule has 0 radical (unpaired) electrons. The van der Waals surface area contributed by atoms with Crippen molar-refractivity contribution in [2.24, 2.45) is 5.73 Å². The third-order valence-electron chi connectivity index (χ3n) is 2.70. The SMILES string of the molecule is COCCC(C)(N)CCc1ccccc1. The van der Waals surface area contributed by atoms with Gasteiger partial charge in [-0.15, -0.1) is 0 Å². The molecule has 0 spiro atoms. The average molecular weight is 207 g/mol. The van der Waals surface area contributed by atoms with Gasteiger partial charge in [-0.1, -0.05) is 30.3 Å². The number of methoxy groups -OCH3 is 1. The molecule has 1 aromatic rings. The van der Waals surface area contributed by atoms with Gasteiger partial charge in [-0.05, 0) is 31.7 Å². The van der Waals surface area contributed by atoms with E-state index in [0.29, 0.717) is 0 Å². The molecular weight excluding hydrogens is 186 g/mol. The zero-order valence-corrected chi connectivity index (χ0v) is 9.70. The molecule has 0 fully saturated rings. The van der Waals surface area contributed by atoms with Crippen molar-refractivity contribution in [1.82, 2.24) is 0 Å². The lowest BCUT2D eigenvalue weighted by molar-refractivity contribution is 0.169. The van der Waals surface area contributed by atoms with E-state index in [-0.39, 0.29) is 5.54 Å². The molecule has 2 heteroatoms. The van der Waals surface area contributed by atoms with Crippen molar-refractivity contribution in [3.8, 4) is 0 Å². The molecule has 0 saturated heterocycles. The van der Waals surface area contributed by atoms with E-state index in [0.717, 1.165) is 25.9 Å². The molecule has 1 rings (SSSR count). The molecule has 0 aliphatic heterocycles. The van der Waals surface area contributed by atoms with Crippen molar-refractivity contribution in [3.63, 3.8) is 0 Å². The Morgan fingerprint density at radius 3 is 2.47 bits per heavy atom. The first-order chi connectivity index (χ1) is 7.14. The van der Waals surface area contributed by atoms with Crippen LogP contribution in [0.15, 0.2) is 30.3 Å². The van der Waals surface area contributed by atoms with Crippen LogP contribution in [0, 0.1) is 0 Å². The van der Waals surface area contributed by atoms with Gasteiger partial charge in [0.25, 0.3) is 0 Å². The van der Waals surface area contributed by atoms with Gasteiger partial charge in [0.1, 0.15) is 0 Å². The fourth-order valence-corrected chi connectivity index (χ4v) is 1.53. The molecule has 0 heterocycles. The topological polar surface area (TPSA) is 35.2 Å². The molecule has 0 aliphatic rings. The van der Waals surface area contributed by atoms with E-state index in [2.05, 4.69) is 31.2 Å². The molecule has 15 heavy (non-hydrogen) atoms. The highest BCUT2D eigenvalue weighted by molar-refractivity contribution is 5.15. The van der Waals surface area contributed by atoms with Crippen LogP contribution in [-0.4, -0.2) is 19.3 Å². The lowest BCUT2D eigenvalue weighted by Gasteiger charge is -2.24. The van der Waals surface area contributed by atoms with E-state index >= 15 is 0 Å². The quantitative estimate of drug-likeness (QED) is 0.777. The van der Waals surface area contributed by atoms with Crippen molar-refractivity contribution < 1.29 is 4.74 Å². The summed E-state index contributed by atoms with van der Waals surface area (Å²) in [6.07, 6.45) is 2.95. The summed E-state index contributed by atoms with van der Waals surface area (Å²) in [5.74, 6) is 0. The van der Waals surface area contributed by atoms with Crippen LogP contribution in [0.1, 0.15) is 25.3 Å². The van der Waals surface area contributed by atoms with E-state index in [1.54, 1.807) is 7.11 Å². The normalized spacial score (nSPS) is 14.9. The standard InChI is InChI=1S/C13H21NO/c1-13(14,10-11-15-2)9-8-12-6-4-3-5-7-12/h3-7H,8-11,14H2,1-2H3. The first-order valence-corrected chi connectivity index (χ1v) is 5.46. The Labute approximate surface area is 92.4 Å². The molecule has 2 N–H and O–H groups in total. The fraction of sp³-hybridized carbons (Fsp3) is 0.538. The molecule has 1 unspecified atom stereocenters. The predicted octanol–water partition coefficient (Wildman–Crippen LogP) is 2.37. The number of nitrogens with two attached hydrogens (primary N) is 1. The first kappa shape index (κ1) is 12.2. The second-order valence-corrected chi connectivity index (χ2v) is 4.38. The molecular formula is C13H21NO. The Bertz CT molecular complexity index is 269. The van der Waals surface area contributed by atoms with Gasteiger partial charge in [0.05, 0.1) is 0 Å². The summed E-state index contributed by atoms with van der Waals surface area (Å²) in [4.78, 5) is 0. The average Bonchev–Trinajstić information content (AvgIpc) is 2.25. The third kappa shape index (κ3) is 4.96. The van der Waals surface area contributed by atoms with Gasteiger partial charge in [0, 0.05) is 19.3 Å². The molecule has 1 atom stereocenters. The Morgan fingerprint density at radius 1 is 1.20 bits per heavy atom. The third-order valence-corrected chi connectivity index (χ3v) is 2.70. The molecule has 1 aromatic carbocycles. The van der Waals surface area contributed by atoms with Gasteiger partial charge in [-0.25, -0.2) is 0 Å². The highest BCUT2D eigenvalue weighted by Crippen LogP contribution is 2.15. The lowest BCUT2D eigenvalue weighted by atomic mass is 9.91. The minimum Gasteiger partial charge on any atom is -0.385 e. The molecule has 0 aromatic heterocycles. The number of hydrogen-bond acceptors (Lipinski definition) is 2. The molecule has 84 valence electrons. The van der Waals surface area contributed by atoms with E-state index in [1.807, 2.05) is 6.07 Å². The minimum atomic E-state index is -0.119.